The Morgan fingerprint density at radius 3 is 2.81 bits per heavy atom. The zero-order chi connectivity index (χ0) is 11.8. The van der Waals surface area contributed by atoms with Crippen LogP contribution in [0.2, 0.25) is 0 Å². The van der Waals surface area contributed by atoms with E-state index >= 15 is 0 Å². The number of amides is 1. The normalized spacial score (nSPS) is 34.1. The Morgan fingerprint density at radius 2 is 2.25 bits per heavy atom. The SMILES string of the molecule is CC1CN(C(=O)[C@H]2CCCN2)CC(C)(C)O1. The first-order valence-corrected chi connectivity index (χ1v) is 6.18. The largest absolute Gasteiger partial charge is 0.369 e. The van der Waals surface area contributed by atoms with Gasteiger partial charge in [0, 0.05) is 13.1 Å². The van der Waals surface area contributed by atoms with Crippen molar-refractivity contribution in [3.8, 4) is 0 Å². The van der Waals surface area contributed by atoms with Crippen molar-refractivity contribution < 1.29 is 9.53 Å². The minimum absolute atomic E-state index is 0.0427. The van der Waals surface area contributed by atoms with Crippen molar-refractivity contribution in [2.75, 3.05) is 19.6 Å². The molecule has 92 valence electrons. The first-order chi connectivity index (χ1) is 7.48. The zero-order valence-electron chi connectivity index (χ0n) is 10.5. The molecule has 0 saturated carbocycles. The molecule has 4 nitrogen and oxygen atoms in total. The Kier molecular flexibility index (Phi) is 3.22. The van der Waals surface area contributed by atoms with E-state index in [1.165, 1.54) is 0 Å². The maximum atomic E-state index is 12.2. The van der Waals surface area contributed by atoms with Crippen molar-refractivity contribution >= 4 is 5.91 Å². The number of ether oxygens (including phenoxy) is 1. The quantitative estimate of drug-likeness (QED) is 0.718. The van der Waals surface area contributed by atoms with Gasteiger partial charge in [0.2, 0.25) is 5.91 Å². The number of carbonyl (C=O) groups excluding carboxylic acids is 1. The lowest BCUT2D eigenvalue weighted by atomic mass is 10.0. The molecule has 0 aromatic rings. The Balaban J connectivity index is 2.00. The second-order valence-electron chi connectivity index (χ2n) is 5.56. The highest BCUT2D eigenvalue weighted by Crippen LogP contribution is 2.22. The summed E-state index contributed by atoms with van der Waals surface area (Å²) in [6, 6.07) is 0.0427. The van der Waals surface area contributed by atoms with Gasteiger partial charge in [-0.2, -0.15) is 0 Å². The molecule has 0 radical (unpaired) electrons. The van der Waals surface area contributed by atoms with Crippen molar-refractivity contribution in [2.24, 2.45) is 0 Å². The number of nitrogens with zero attached hydrogens (tertiary/aromatic N) is 1. The van der Waals surface area contributed by atoms with Gasteiger partial charge >= 0.3 is 0 Å². The highest BCUT2D eigenvalue weighted by Gasteiger charge is 2.36. The van der Waals surface area contributed by atoms with Crippen LogP contribution in [0.25, 0.3) is 0 Å². The molecule has 0 aromatic heterocycles. The number of rotatable bonds is 1. The van der Waals surface area contributed by atoms with Crippen LogP contribution in [0.3, 0.4) is 0 Å². The minimum Gasteiger partial charge on any atom is -0.369 e. The predicted molar refractivity (Wildman–Crippen MR) is 62.2 cm³/mol. The van der Waals surface area contributed by atoms with E-state index in [-0.39, 0.29) is 23.7 Å². The third kappa shape index (κ3) is 2.55. The van der Waals surface area contributed by atoms with Crippen molar-refractivity contribution in [1.82, 2.24) is 10.2 Å². The van der Waals surface area contributed by atoms with Gasteiger partial charge in [-0.1, -0.05) is 0 Å². The molecule has 1 N–H and O–H groups in total. The van der Waals surface area contributed by atoms with Gasteiger partial charge < -0.3 is 15.0 Å². The third-order valence-corrected chi connectivity index (χ3v) is 3.24. The standard InChI is InChI=1S/C12H22N2O2/c1-9-7-14(8-12(2,3)16-9)11(15)10-5-4-6-13-10/h9-10,13H,4-8H2,1-3H3/t9?,10-/m1/s1. The summed E-state index contributed by atoms with van der Waals surface area (Å²) in [7, 11) is 0. The van der Waals surface area contributed by atoms with Crippen LogP contribution in [0.15, 0.2) is 0 Å². The van der Waals surface area contributed by atoms with Crippen LogP contribution in [-0.2, 0) is 9.53 Å². The van der Waals surface area contributed by atoms with E-state index in [4.69, 9.17) is 4.74 Å². The topological polar surface area (TPSA) is 41.6 Å². The summed E-state index contributed by atoms with van der Waals surface area (Å²) in [6.45, 7) is 8.52. The van der Waals surface area contributed by atoms with Gasteiger partial charge in [0.1, 0.15) is 0 Å². The maximum absolute atomic E-state index is 12.2. The smallest absolute Gasteiger partial charge is 0.239 e. The summed E-state index contributed by atoms with van der Waals surface area (Å²) in [5.74, 6) is 0.251. The molecule has 1 amide bonds. The fourth-order valence-corrected chi connectivity index (χ4v) is 2.74. The Hall–Kier alpha value is -0.610. The first kappa shape index (κ1) is 11.9. The van der Waals surface area contributed by atoms with Crippen LogP contribution < -0.4 is 5.32 Å². The molecule has 2 heterocycles. The molecule has 0 aliphatic carbocycles. The number of morpholine rings is 1. The summed E-state index contributed by atoms with van der Waals surface area (Å²) in [4.78, 5) is 14.2. The summed E-state index contributed by atoms with van der Waals surface area (Å²) in [5, 5.41) is 3.26. The molecule has 0 aromatic carbocycles. The van der Waals surface area contributed by atoms with Crippen LogP contribution in [-0.4, -0.2) is 48.2 Å². The molecule has 0 bridgehead atoms. The van der Waals surface area contributed by atoms with Crippen LogP contribution in [0, 0.1) is 0 Å². The Morgan fingerprint density at radius 1 is 1.50 bits per heavy atom. The van der Waals surface area contributed by atoms with Crippen molar-refractivity contribution in [3.63, 3.8) is 0 Å². The average Bonchev–Trinajstić information content (AvgIpc) is 2.65. The molecule has 2 rings (SSSR count). The summed E-state index contributed by atoms with van der Waals surface area (Å²) >= 11 is 0. The molecule has 2 aliphatic heterocycles. The van der Waals surface area contributed by atoms with Gasteiger partial charge in [-0.05, 0) is 40.2 Å². The van der Waals surface area contributed by atoms with E-state index < -0.39 is 0 Å². The molecule has 16 heavy (non-hydrogen) atoms. The van der Waals surface area contributed by atoms with Crippen LogP contribution in [0.1, 0.15) is 33.6 Å². The van der Waals surface area contributed by atoms with Crippen LogP contribution in [0.5, 0.6) is 0 Å². The van der Waals surface area contributed by atoms with Gasteiger partial charge in [-0.3, -0.25) is 4.79 Å². The monoisotopic (exact) mass is 226 g/mol. The van der Waals surface area contributed by atoms with Gasteiger partial charge in [-0.25, -0.2) is 0 Å². The fourth-order valence-electron chi connectivity index (χ4n) is 2.74. The van der Waals surface area contributed by atoms with E-state index in [9.17, 15) is 4.79 Å². The highest BCUT2D eigenvalue weighted by molar-refractivity contribution is 5.82. The summed E-state index contributed by atoms with van der Waals surface area (Å²) in [6.07, 6.45) is 2.22. The van der Waals surface area contributed by atoms with E-state index in [1.807, 2.05) is 25.7 Å². The number of carbonyl (C=O) groups is 1. The van der Waals surface area contributed by atoms with Crippen molar-refractivity contribution in [3.05, 3.63) is 0 Å². The van der Waals surface area contributed by atoms with E-state index in [1.54, 1.807) is 0 Å². The van der Waals surface area contributed by atoms with Gasteiger partial charge in [0.15, 0.2) is 0 Å². The molecular weight excluding hydrogens is 204 g/mol. The summed E-state index contributed by atoms with van der Waals surface area (Å²) < 4.78 is 5.80. The molecule has 2 saturated heterocycles. The summed E-state index contributed by atoms with van der Waals surface area (Å²) in [5.41, 5.74) is -0.216. The van der Waals surface area contributed by atoms with Crippen LogP contribution in [0.4, 0.5) is 0 Å². The molecule has 4 heteroatoms. The van der Waals surface area contributed by atoms with E-state index in [2.05, 4.69) is 5.32 Å². The van der Waals surface area contributed by atoms with Crippen molar-refractivity contribution in [1.29, 1.82) is 0 Å². The molecule has 0 spiro atoms. The minimum atomic E-state index is -0.216. The lowest BCUT2D eigenvalue weighted by Gasteiger charge is -2.42. The molecule has 2 aliphatic rings. The highest BCUT2D eigenvalue weighted by atomic mass is 16.5. The first-order valence-electron chi connectivity index (χ1n) is 6.18. The number of hydrogen-bond donors (Lipinski definition) is 1. The van der Waals surface area contributed by atoms with E-state index in [0.717, 1.165) is 25.9 Å². The van der Waals surface area contributed by atoms with Gasteiger partial charge in [0.25, 0.3) is 0 Å². The zero-order valence-corrected chi connectivity index (χ0v) is 10.5. The second-order valence-corrected chi connectivity index (χ2v) is 5.56. The Labute approximate surface area is 97.3 Å². The third-order valence-electron chi connectivity index (χ3n) is 3.24. The van der Waals surface area contributed by atoms with Gasteiger partial charge in [-0.15, -0.1) is 0 Å². The number of nitrogens with one attached hydrogen (secondary N) is 1. The fraction of sp³-hybridized carbons (Fsp3) is 0.917. The van der Waals surface area contributed by atoms with Crippen LogP contribution >= 0.6 is 0 Å². The van der Waals surface area contributed by atoms with Crippen molar-refractivity contribution in [2.45, 2.75) is 51.4 Å². The van der Waals surface area contributed by atoms with E-state index in [0.29, 0.717) is 6.54 Å². The number of hydrogen-bond acceptors (Lipinski definition) is 3. The lowest BCUT2D eigenvalue weighted by molar-refractivity contribution is -0.159. The maximum Gasteiger partial charge on any atom is 0.239 e. The Bertz CT molecular complexity index is 272. The lowest BCUT2D eigenvalue weighted by Crippen LogP contribution is -2.57. The average molecular weight is 226 g/mol. The van der Waals surface area contributed by atoms with Gasteiger partial charge in [0.05, 0.1) is 17.7 Å². The molecule has 2 atom stereocenters. The molecule has 1 unspecified atom stereocenters. The second kappa shape index (κ2) is 4.34. The molecule has 2 fully saturated rings. The predicted octanol–water partition coefficient (Wildman–Crippen LogP) is 0.764. The molecular formula is C12H22N2O2.